The Kier molecular flexibility index (Phi) is 5.28. The fourth-order valence-electron chi connectivity index (χ4n) is 2.37. The van der Waals surface area contributed by atoms with Crippen LogP contribution >= 0.6 is 11.3 Å². The molecule has 3 aromatic rings. The molecule has 6 heteroatoms. The lowest BCUT2D eigenvalue weighted by atomic mass is 10.2. The van der Waals surface area contributed by atoms with Gasteiger partial charge in [0.2, 0.25) is 0 Å². The van der Waals surface area contributed by atoms with Crippen LogP contribution in [0, 0.1) is 0 Å². The maximum atomic E-state index is 12.3. The highest BCUT2D eigenvalue weighted by molar-refractivity contribution is 7.10. The van der Waals surface area contributed by atoms with Gasteiger partial charge in [-0.2, -0.15) is 5.10 Å². The van der Waals surface area contributed by atoms with E-state index in [2.05, 4.69) is 10.4 Å². The van der Waals surface area contributed by atoms with E-state index in [9.17, 15) is 4.79 Å². The lowest BCUT2D eigenvalue weighted by molar-refractivity contribution is -0.127. The van der Waals surface area contributed by atoms with Crippen molar-refractivity contribution >= 4 is 17.2 Å². The minimum absolute atomic E-state index is 0.0205. The number of nitrogens with one attached hydrogen (secondary N) is 1. The molecule has 0 aliphatic rings. The maximum Gasteiger partial charge on any atom is 0.260 e. The molecule has 3 rings (SSSR count). The molecule has 0 spiro atoms. The fourth-order valence-corrected chi connectivity index (χ4v) is 3.19. The monoisotopic (exact) mass is 341 g/mol. The zero-order valence-corrected chi connectivity index (χ0v) is 14.1. The van der Waals surface area contributed by atoms with Gasteiger partial charge in [-0.05, 0) is 36.6 Å². The summed E-state index contributed by atoms with van der Waals surface area (Å²) in [5.41, 5.74) is 0. The smallest absolute Gasteiger partial charge is 0.260 e. The molecule has 0 radical (unpaired) electrons. The molecule has 5 nitrogen and oxygen atoms in total. The van der Waals surface area contributed by atoms with Crippen LogP contribution in [0.4, 0.5) is 0 Å². The topological polar surface area (TPSA) is 56.1 Å². The van der Waals surface area contributed by atoms with Crippen molar-refractivity contribution in [1.29, 1.82) is 0 Å². The van der Waals surface area contributed by atoms with E-state index in [-0.39, 0.29) is 11.9 Å². The number of thiophene rings is 1. The van der Waals surface area contributed by atoms with E-state index in [0.717, 1.165) is 4.88 Å². The molecule has 0 saturated heterocycles. The van der Waals surface area contributed by atoms with Gasteiger partial charge in [0.05, 0.1) is 0 Å². The number of aromatic nitrogens is 2. The Morgan fingerprint density at radius 1 is 1.25 bits per heavy atom. The quantitative estimate of drug-likeness (QED) is 0.718. The first kappa shape index (κ1) is 16.3. The average Bonchev–Trinajstić information content (AvgIpc) is 3.30. The van der Waals surface area contributed by atoms with Crippen molar-refractivity contribution in [2.75, 3.05) is 6.54 Å². The largest absolute Gasteiger partial charge is 0.481 e. The van der Waals surface area contributed by atoms with E-state index in [0.29, 0.717) is 12.3 Å². The second kappa shape index (κ2) is 7.79. The van der Waals surface area contributed by atoms with Crippen LogP contribution in [0.25, 0.3) is 0 Å². The van der Waals surface area contributed by atoms with Crippen LogP contribution in [0.5, 0.6) is 5.75 Å². The number of amides is 1. The summed E-state index contributed by atoms with van der Waals surface area (Å²) in [7, 11) is 0. The van der Waals surface area contributed by atoms with Crippen molar-refractivity contribution < 1.29 is 9.53 Å². The molecule has 0 saturated carbocycles. The average molecular weight is 341 g/mol. The second-order valence-corrected chi connectivity index (χ2v) is 6.31. The van der Waals surface area contributed by atoms with Gasteiger partial charge >= 0.3 is 0 Å². The van der Waals surface area contributed by atoms with Gasteiger partial charge in [0.15, 0.2) is 6.10 Å². The molecule has 0 fully saturated rings. The highest BCUT2D eigenvalue weighted by atomic mass is 32.1. The van der Waals surface area contributed by atoms with Gasteiger partial charge in [0.1, 0.15) is 11.8 Å². The molecular weight excluding hydrogens is 322 g/mol. The van der Waals surface area contributed by atoms with Gasteiger partial charge in [0.25, 0.3) is 5.91 Å². The minimum atomic E-state index is -0.561. The molecule has 1 aromatic carbocycles. The number of hydrogen-bond acceptors (Lipinski definition) is 4. The van der Waals surface area contributed by atoms with Gasteiger partial charge in [-0.25, -0.2) is 0 Å². The lowest BCUT2D eigenvalue weighted by Crippen LogP contribution is -2.39. The van der Waals surface area contributed by atoms with Crippen LogP contribution in [0.3, 0.4) is 0 Å². The van der Waals surface area contributed by atoms with Crippen LogP contribution in [-0.2, 0) is 4.79 Å². The van der Waals surface area contributed by atoms with Crippen LogP contribution in [-0.4, -0.2) is 28.3 Å². The van der Waals surface area contributed by atoms with Gasteiger partial charge in [-0.15, -0.1) is 11.3 Å². The summed E-state index contributed by atoms with van der Waals surface area (Å²) in [6.45, 7) is 2.21. The molecule has 0 bridgehead atoms. The Balaban J connectivity index is 1.61. The van der Waals surface area contributed by atoms with Crippen LogP contribution < -0.4 is 10.1 Å². The molecule has 2 aromatic heterocycles. The summed E-state index contributed by atoms with van der Waals surface area (Å²) >= 11 is 1.65. The number of hydrogen-bond donors (Lipinski definition) is 1. The zero-order valence-electron chi connectivity index (χ0n) is 13.3. The first-order valence-electron chi connectivity index (χ1n) is 7.76. The number of ether oxygens (including phenoxy) is 1. The molecule has 2 heterocycles. The number of carbonyl (C=O) groups is 1. The molecule has 124 valence electrons. The summed E-state index contributed by atoms with van der Waals surface area (Å²) in [6, 6.07) is 15.2. The van der Waals surface area contributed by atoms with Gasteiger partial charge in [0, 0.05) is 23.8 Å². The van der Waals surface area contributed by atoms with Gasteiger partial charge in [-0.1, -0.05) is 24.3 Å². The molecule has 24 heavy (non-hydrogen) atoms. The van der Waals surface area contributed by atoms with Crippen molar-refractivity contribution in [1.82, 2.24) is 15.1 Å². The maximum absolute atomic E-state index is 12.3. The van der Waals surface area contributed by atoms with E-state index in [1.807, 2.05) is 64.8 Å². The predicted molar refractivity (Wildman–Crippen MR) is 94.2 cm³/mol. The lowest BCUT2D eigenvalue weighted by Gasteiger charge is -2.19. The Bertz CT molecular complexity index is 708. The Labute approximate surface area is 144 Å². The van der Waals surface area contributed by atoms with Crippen molar-refractivity contribution in [3.63, 3.8) is 0 Å². The van der Waals surface area contributed by atoms with Crippen molar-refractivity contribution in [3.05, 3.63) is 71.2 Å². The normalized spacial score (nSPS) is 13.2. The number of carbonyl (C=O) groups excluding carboxylic acids is 1. The van der Waals surface area contributed by atoms with Crippen LogP contribution in [0.15, 0.2) is 66.3 Å². The van der Waals surface area contributed by atoms with Gasteiger partial charge < -0.3 is 10.1 Å². The fraction of sp³-hybridized carbons (Fsp3) is 0.222. The molecule has 0 aliphatic heterocycles. The van der Waals surface area contributed by atoms with Crippen molar-refractivity contribution in [2.45, 2.75) is 19.1 Å². The van der Waals surface area contributed by atoms with E-state index in [4.69, 9.17) is 4.74 Å². The summed E-state index contributed by atoms with van der Waals surface area (Å²) < 4.78 is 7.51. The molecule has 2 atom stereocenters. The van der Waals surface area contributed by atoms with E-state index in [1.165, 1.54) is 0 Å². The number of nitrogens with zero attached hydrogens (tertiary/aromatic N) is 2. The summed E-state index contributed by atoms with van der Waals surface area (Å²) in [5.74, 6) is 0.537. The first-order valence-corrected chi connectivity index (χ1v) is 8.64. The number of benzene rings is 1. The highest BCUT2D eigenvalue weighted by Crippen LogP contribution is 2.22. The second-order valence-electron chi connectivity index (χ2n) is 5.34. The van der Waals surface area contributed by atoms with E-state index < -0.39 is 6.10 Å². The minimum Gasteiger partial charge on any atom is -0.481 e. The van der Waals surface area contributed by atoms with Crippen LogP contribution in [0.2, 0.25) is 0 Å². The molecule has 0 aliphatic carbocycles. The SMILES string of the molecule is C[C@H](Oc1ccccc1)C(=O)NC[C@@H](c1cccs1)n1cccn1. The third-order valence-corrected chi connectivity index (χ3v) is 4.58. The highest BCUT2D eigenvalue weighted by Gasteiger charge is 2.19. The molecular formula is C18H19N3O2S. The summed E-state index contributed by atoms with van der Waals surface area (Å²) in [6.07, 6.45) is 3.08. The van der Waals surface area contributed by atoms with Gasteiger partial charge in [-0.3, -0.25) is 9.48 Å². The van der Waals surface area contributed by atoms with E-state index >= 15 is 0 Å². The standard InChI is InChI=1S/C18H19N3O2S/c1-14(23-15-7-3-2-4-8-15)18(22)19-13-16(17-9-5-12-24-17)21-11-6-10-20-21/h2-12,14,16H,13H2,1H3,(H,19,22)/t14-,16-/m0/s1. The van der Waals surface area contributed by atoms with Crippen molar-refractivity contribution in [2.24, 2.45) is 0 Å². The zero-order chi connectivity index (χ0) is 16.8. The molecule has 1 N–H and O–H groups in total. The summed E-state index contributed by atoms with van der Waals surface area (Å²) in [5, 5.41) is 9.29. The van der Waals surface area contributed by atoms with E-state index in [1.54, 1.807) is 24.5 Å². The molecule has 0 unspecified atom stereocenters. The number of rotatable bonds is 7. The molecule has 1 amide bonds. The van der Waals surface area contributed by atoms with Crippen molar-refractivity contribution in [3.8, 4) is 5.75 Å². The third kappa shape index (κ3) is 4.02. The predicted octanol–water partition coefficient (Wildman–Crippen LogP) is 3.12. The Hall–Kier alpha value is -2.60. The third-order valence-electron chi connectivity index (χ3n) is 3.61. The summed E-state index contributed by atoms with van der Waals surface area (Å²) in [4.78, 5) is 13.5. The first-order chi connectivity index (χ1) is 11.7. The Morgan fingerprint density at radius 3 is 2.75 bits per heavy atom. The van der Waals surface area contributed by atoms with Crippen LogP contribution in [0.1, 0.15) is 17.8 Å². The number of para-hydroxylation sites is 1. The Morgan fingerprint density at radius 2 is 2.08 bits per heavy atom.